The molecule has 0 radical (unpaired) electrons. The van der Waals surface area contributed by atoms with E-state index < -0.39 is 47.5 Å². The summed E-state index contributed by atoms with van der Waals surface area (Å²) in [7, 11) is 1.64. The first-order valence-electron chi connectivity index (χ1n) is 10.5. The third-order valence-corrected chi connectivity index (χ3v) is 8.01. The van der Waals surface area contributed by atoms with Crippen LogP contribution in [0.3, 0.4) is 0 Å². The maximum Gasteiger partial charge on any atom is 0.352 e. The predicted octanol–water partition coefficient (Wildman–Crippen LogP) is -0.0947. The van der Waals surface area contributed by atoms with Crippen LogP contribution in [0.15, 0.2) is 39.8 Å². The number of aromatic nitrogens is 4. The Hall–Kier alpha value is -3.83. The van der Waals surface area contributed by atoms with Gasteiger partial charge in [-0.2, -0.15) is 0 Å². The number of aromatic hydroxyl groups is 1. The SMILES string of the molecule is Cn1nnnc1SCC1=C(C(=O)O)N2C(=O)C(NC(=O)/C(=N\OCC(=O)O)c3ccc(O)c(Cl)c3)[C@H]2SC1. The maximum absolute atomic E-state index is 13.1. The lowest BCUT2D eigenvalue weighted by Crippen LogP contribution is -2.71. The van der Waals surface area contributed by atoms with Crippen molar-refractivity contribution in [3.8, 4) is 5.75 Å². The minimum absolute atomic E-state index is 0.0827. The number of carbonyl (C=O) groups is 4. The molecule has 15 nitrogen and oxygen atoms in total. The number of nitrogens with zero attached hydrogens (tertiary/aromatic N) is 6. The summed E-state index contributed by atoms with van der Waals surface area (Å²) in [4.78, 5) is 54.8. The molecule has 2 aliphatic rings. The van der Waals surface area contributed by atoms with E-state index in [9.17, 15) is 29.4 Å². The van der Waals surface area contributed by atoms with Gasteiger partial charge >= 0.3 is 11.9 Å². The van der Waals surface area contributed by atoms with Crippen molar-refractivity contribution < 1.29 is 39.3 Å². The van der Waals surface area contributed by atoms with Crippen LogP contribution in [0.5, 0.6) is 5.75 Å². The molecule has 0 aliphatic carbocycles. The number of aryl methyl sites for hydroxylation is 1. The number of amides is 2. The topological polar surface area (TPSA) is 209 Å². The molecular weight excluding hydrogens is 566 g/mol. The zero-order valence-corrected chi connectivity index (χ0v) is 21.7. The summed E-state index contributed by atoms with van der Waals surface area (Å²) in [5, 5.41) is 45.2. The van der Waals surface area contributed by atoms with Gasteiger partial charge in [0.2, 0.25) is 11.8 Å². The van der Waals surface area contributed by atoms with Crippen molar-refractivity contribution in [2.45, 2.75) is 16.6 Å². The number of nitrogens with one attached hydrogen (secondary N) is 1. The van der Waals surface area contributed by atoms with E-state index in [2.05, 4.69) is 26.0 Å². The fourth-order valence-corrected chi connectivity index (χ4v) is 6.05. The number of rotatable bonds is 10. The van der Waals surface area contributed by atoms with Gasteiger partial charge in [0.05, 0.1) is 5.02 Å². The van der Waals surface area contributed by atoms with Crippen LogP contribution in [0.1, 0.15) is 5.56 Å². The molecule has 0 saturated carbocycles. The summed E-state index contributed by atoms with van der Waals surface area (Å²) >= 11 is 8.41. The molecule has 200 valence electrons. The number of hydrogen-bond acceptors (Lipinski definition) is 12. The Labute approximate surface area is 226 Å². The summed E-state index contributed by atoms with van der Waals surface area (Å²) in [5.74, 6) is -3.92. The Kier molecular flexibility index (Phi) is 8.08. The second-order valence-corrected chi connectivity index (χ2v) is 10.2. The minimum atomic E-state index is -1.34. The molecular formula is C20H18ClN7O8S2. The zero-order valence-electron chi connectivity index (χ0n) is 19.3. The van der Waals surface area contributed by atoms with E-state index in [4.69, 9.17) is 21.5 Å². The number of hydrogen-bond donors (Lipinski definition) is 4. The summed E-state index contributed by atoms with van der Waals surface area (Å²) < 4.78 is 1.44. The number of tetrazole rings is 1. The first-order valence-corrected chi connectivity index (χ1v) is 13.0. The van der Waals surface area contributed by atoms with Crippen LogP contribution in [0.25, 0.3) is 0 Å². The molecule has 2 aromatic rings. The number of fused-ring (bicyclic) bond motifs is 1. The van der Waals surface area contributed by atoms with E-state index >= 15 is 0 Å². The van der Waals surface area contributed by atoms with Gasteiger partial charge in [0.15, 0.2) is 5.71 Å². The van der Waals surface area contributed by atoms with Crippen molar-refractivity contribution >= 4 is 64.6 Å². The third kappa shape index (κ3) is 5.53. The van der Waals surface area contributed by atoms with E-state index in [0.29, 0.717) is 10.7 Å². The summed E-state index contributed by atoms with van der Waals surface area (Å²) in [5.41, 5.74) is 0.00621. The smallest absolute Gasteiger partial charge is 0.352 e. The van der Waals surface area contributed by atoms with E-state index in [-0.39, 0.29) is 33.5 Å². The number of aliphatic carboxylic acids is 2. The molecule has 1 aromatic carbocycles. The number of phenolic OH excluding ortho intramolecular Hbond substituents is 1. The standard InChI is InChI=1S/C20H18ClN7O8S2/c1-27-20(23-25-26-27)38-7-9-6-37-18-14(17(33)28(18)15(9)19(34)35)22-16(32)13(24-36-5-12(30)31)8-2-3-11(29)10(21)4-8/h2-4,14,18,29H,5-7H2,1H3,(H,22,32)(H,30,31)(H,34,35)/b24-13-/t14?,18-/m1/s1. The number of β-lactam (4-membered cyclic amide) rings is 1. The molecule has 2 atom stereocenters. The van der Waals surface area contributed by atoms with Crippen LogP contribution in [0, 0.1) is 0 Å². The highest BCUT2D eigenvalue weighted by Gasteiger charge is 2.54. The highest BCUT2D eigenvalue weighted by Crippen LogP contribution is 2.41. The van der Waals surface area contributed by atoms with Crippen LogP contribution in [0.2, 0.25) is 5.02 Å². The van der Waals surface area contributed by atoms with Gasteiger partial charge in [-0.1, -0.05) is 28.5 Å². The Morgan fingerprint density at radius 1 is 1.34 bits per heavy atom. The fourth-order valence-electron chi connectivity index (χ4n) is 3.53. The Balaban J connectivity index is 1.52. The lowest BCUT2D eigenvalue weighted by atomic mass is 10.0. The molecule has 1 saturated heterocycles. The van der Waals surface area contributed by atoms with Gasteiger partial charge in [0.25, 0.3) is 11.8 Å². The van der Waals surface area contributed by atoms with Crippen molar-refractivity contribution in [3.05, 3.63) is 40.1 Å². The van der Waals surface area contributed by atoms with E-state index in [1.807, 2.05) is 0 Å². The van der Waals surface area contributed by atoms with Crippen molar-refractivity contribution in [1.29, 1.82) is 0 Å². The second kappa shape index (κ2) is 11.3. The molecule has 2 amide bonds. The molecule has 2 aliphatic heterocycles. The number of thioether (sulfide) groups is 2. The number of oxime groups is 1. The molecule has 1 aromatic heterocycles. The van der Waals surface area contributed by atoms with Gasteiger partial charge in [-0.15, -0.1) is 16.9 Å². The lowest BCUT2D eigenvalue weighted by molar-refractivity contribution is -0.150. The molecule has 4 N–H and O–H groups in total. The molecule has 3 heterocycles. The van der Waals surface area contributed by atoms with Gasteiger partial charge < -0.3 is 25.5 Å². The first-order chi connectivity index (χ1) is 18.1. The fraction of sp³-hybridized carbons (Fsp3) is 0.300. The summed E-state index contributed by atoms with van der Waals surface area (Å²) in [6, 6.07) is 2.63. The Morgan fingerprint density at radius 3 is 2.74 bits per heavy atom. The highest BCUT2D eigenvalue weighted by atomic mass is 35.5. The van der Waals surface area contributed by atoms with E-state index in [1.54, 1.807) is 7.05 Å². The first kappa shape index (κ1) is 27.2. The molecule has 1 unspecified atom stereocenters. The minimum Gasteiger partial charge on any atom is -0.506 e. The molecule has 38 heavy (non-hydrogen) atoms. The van der Waals surface area contributed by atoms with Crippen molar-refractivity contribution in [2.75, 3.05) is 18.1 Å². The average Bonchev–Trinajstić information content (AvgIpc) is 3.29. The molecule has 0 bridgehead atoms. The Bertz CT molecular complexity index is 1380. The highest BCUT2D eigenvalue weighted by molar-refractivity contribution is 8.01. The third-order valence-electron chi connectivity index (χ3n) is 5.27. The van der Waals surface area contributed by atoms with Crippen LogP contribution >= 0.6 is 35.1 Å². The van der Waals surface area contributed by atoms with Crippen LogP contribution < -0.4 is 5.32 Å². The number of halogens is 1. The average molecular weight is 584 g/mol. The monoisotopic (exact) mass is 583 g/mol. The zero-order chi connectivity index (χ0) is 27.6. The quantitative estimate of drug-likeness (QED) is 0.125. The van der Waals surface area contributed by atoms with Gasteiger partial charge in [0.1, 0.15) is 22.9 Å². The molecule has 0 spiro atoms. The van der Waals surface area contributed by atoms with Crippen molar-refractivity contribution in [1.82, 2.24) is 30.4 Å². The van der Waals surface area contributed by atoms with Crippen LogP contribution in [0.4, 0.5) is 0 Å². The van der Waals surface area contributed by atoms with Crippen molar-refractivity contribution in [3.63, 3.8) is 0 Å². The van der Waals surface area contributed by atoms with E-state index in [1.165, 1.54) is 46.4 Å². The largest absolute Gasteiger partial charge is 0.506 e. The van der Waals surface area contributed by atoms with E-state index in [0.717, 1.165) is 4.90 Å². The van der Waals surface area contributed by atoms with Gasteiger partial charge in [-0.3, -0.25) is 14.5 Å². The molecule has 18 heteroatoms. The summed E-state index contributed by atoms with van der Waals surface area (Å²) in [6.45, 7) is -0.838. The van der Waals surface area contributed by atoms with Gasteiger partial charge in [-0.25, -0.2) is 14.3 Å². The number of carboxylic acids is 2. The number of carbonyl (C=O) groups excluding carboxylic acids is 2. The predicted molar refractivity (Wildman–Crippen MR) is 132 cm³/mol. The maximum atomic E-state index is 13.1. The number of benzene rings is 1. The Morgan fingerprint density at radius 2 is 2.11 bits per heavy atom. The van der Waals surface area contributed by atoms with Crippen molar-refractivity contribution in [2.24, 2.45) is 12.2 Å². The second-order valence-electron chi connectivity index (χ2n) is 7.77. The lowest BCUT2D eigenvalue weighted by Gasteiger charge is -2.49. The number of carboxylic acid groups (broad SMARTS) is 2. The normalized spacial score (nSPS) is 19.1. The van der Waals surface area contributed by atoms with Crippen LogP contribution in [-0.4, -0.2) is 99.4 Å². The van der Waals surface area contributed by atoms with Gasteiger partial charge in [0, 0.05) is 24.1 Å². The number of phenols is 1. The molecule has 1 fully saturated rings. The van der Waals surface area contributed by atoms with Gasteiger partial charge in [-0.05, 0) is 34.2 Å². The molecule has 4 rings (SSSR count). The van der Waals surface area contributed by atoms with Crippen LogP contribution in [-0.2, 0) is 31.1 Å². The summed E-state index contributed by atoms with van der Waals surface area (Å²) in [6.07, 6.45) is 0.